The van der Waals surface area contributed by atoms with Gasteiger partial charge in [-0.05, 0) is 43.2 Å². The molecule has 0 heterocycles. The van der Waals surface area contributed by atoms with Gasteiger partial charge in [-0.15, -0.1) is 11.8 Å². The second-order valence-electron chi connectivity index (χ2n) is 6.03. The van der Waals surface area contributed by atoms with Crippen molar-refractivity contribution in [2.24, 2.45) is 0 Å². The molecule has 0 fully saturated rings. The number of amides is 1. The Morgan fingerprint density at radius 3 is 2.16 bits per heavy atom. The van der Waals surface area contributed by atoms with E-state index in [9.17, 15) is 4.79 Å². The fourth-order valence-electron chi connectivity index (χ4n) is 2.69. The van der Waals surface area contributed by atoms with Crippen molar-refractivity contribution in [2.75, 3.05) is 5.32 Å². The van der Waals surface area contributed by atoms with Gasteiger partial charge in [-0.1, -0.05) is 66.2 Å². The summed E-state index contributed by atoms with van der Waals surface area (Å²) in [6.07, 6.45) is 0. The first-order valence-electron chi connectivity index (χ1n) is 8.28. The Bertz CT molecular complexity index is 846. The number of carbonyl (C=O) groups excluding carboxylic acids is 1. The molecule has 0 aliphatic rings. The van der Waals surface area contributed by atoms with Gasteiger partial charge in [0.15, 0.2) is 0 Å². The highest BCUT2D eigenvalue weighted by Crippen LogP contribution is 2.36. The molecule has 126 valence electrons. The largest absolute Gasteiger partial charge is 0.325 e. The van der Waals surface area contributed by atoms with Crippen molar-refractivity contribution in [2.45, 2.75) is 24.0 Å². The zero-order valence-corrected chi connectivity index (χ0v) is 15.2. The van der Waals surface area contributed by atoms with Crippen molar-refractivity contribution in [1.29, 1.82) is 0 Å². The van der Waals surface area contributed by atoms with Gasteiger partial charge in [0.1, 0.15) is 5.25 Å². The summed E-state index contributed by atoms with van der Waals surface area (Å²) < 4.78 is 0. The van der Waals surface area contributed by atoms with Gasteiger partial charge >= 0.3 is 0 Å². The Labute approximate surface area is 153 Å². The minimum atomic E-state index is -0.302. The molecule has 0 aromatic heterocycles. The SMILES string of the molecule is Cc1ccc(NC(=O)[C@@H](Sc2ccccc2)c2ccccc2)c(C)c1. The second-order valence-corrected chi connectivity index (χ2v) is 7.21. The monoisotopic (exact) mass is 347 g/mol. The summed E-state index contributed by atoms with van der Waals surface area (Å²) in [5.41, 5.74) is 4.13. The minimum Gasteiger partial charge on any atom is -0.325 e. The lowest BCUT2D eigenvalue weighted by molar-refractivity contribution is -0.115. The van der Waals surface area contributed by atoms with Crippen LogP contribution in [0.3, 0.4) is 0 Å². The molecule has 1 N–H and O–H groups in total. The number of benzene rings is 3. The highest BCUT2D eigenvalue weighted by molar-refractivity contribution is 8.00. The average Bonchev–Trinajstić information content (AvgIpc) is 2.63. The molecule has 0 spiro atoms. The smallest absolute Gasteiger partial charge is 0.242 e. The third-order valence-corrected chi connectivity index (χ3v) is 5.24. The third kappa shape index (κ3) is 4.52. The van der Waals surface area contributed by atoms with Gasteiger partial charge < -0.3 is 5.32 Å². The van der Waals surface area contributed by atoms with E-state index < -0.39 is 0 Å². The van der Waals surface area contributed by atoms with Crippen molar-refractivity contribution < 1.29 is 4.79 Å². The summed E-state index contributed by atoms with van der Waals surface area (Å²) in [7, 11) is 0. The normalized spacial score (nSPS) is 11.8. The molecule has 3 aromatic carbocycles. The number of carbonyl (C=O) groups is 1. The first kappa shape index (κ1) is 17.3. The standard InChI is InChI=1S/C22H21NOS/c1-16-13-14-20(17(2)15-16)23-22(24)21(18-9-5-3-6-10-18)25-19-11-7-4-8-12-19/h3-15,21H,1-2H3,(H,23,24)/t21-/m0/s1. The van der Waals surface area contributed by atoms with E-state index in [-0.39, 0.29) is 11.2 Å². The summed E-state index contributed by atoms with van der Waals surface area (Å²) in [6.45, 7) is 4.07. The average molecular weight is 347 g/mol. The first-order chi connectivity index (χ1) is 12.1. The maximum absolute atomic E-state index is 13.0. The van der Waals surface area contributed by atoms with Gasteiger partial charge in [-0.3, -0.25) is 4.79 Å². The number of rotatable bonds is 5. The maximum atomic E-state index is 13.0. The zero-order valence-electron chi connectivity index (χ0n) is 14.4. The van der Waals surface area contributed by atoms with Crippen LogP contribution in [-0.4, -0.2) is 5.91 Å². The van der Waals surface area contributed by atoms with Gasteiger partial charge in [0.2, 0.25) is 5.91 Å². The Hall–Kier alpha value is -2.52. The Morgan fingerprint density at radius 2 is 1.52 bits per heavy atom. The van der Waals surface area contributed by atoms with E-state index in [1.165, 1.54) is 5.56 Å². The highest BCUT2D eigenvalue weighted by Gasteiger charge is 2.22. The van der Waals surface area contributed by atoms with Crippen molar-refractivity contribution in [3.63, 3.8) is 0 Å². The van der Waals surface area contributed by atoms with Crippen LogP contribution in [-0.2, 0) is 4.79 Å². The van der Waals surface area contributed by atoms with E-state index >= 15 is 0 Å². The van der Waals surface area contributed by atoms with Crippen LogP contribution in [0.25, 0.3) is 0 Å². The Balaban J connectivity index is 1.87. The number of hydrogen-bond acceptors (Lipinski definition) is 2. The van der Waals surface area contributed by atoms with Gasteiger partial charge in [0, 0.05) is 10.6 Å². The molecule has 0 aliphatic heterocycles. The molecule has 2 nitrogen and oxygen atoms in total. The van der Waals surface area contributed by atoms with E-state index in [1.54, 1.807) is 11.8 Å². The highest BCUT2D eigenvalue weighted by atomic mass is 32.2. The topological polar surface area (TPSA) is 29.1 Å². The molecule has 0 aliphatic carbocycles. The van der Waals surface area contributed by atoms with Crippen LogP contribution >= 0.6 is 11.8 Å². The van der Waals surface area contributed by atoms with Crippen molar-refractivity contribution in [3.8, 4) is 0 Å². The van der Waals surface area contributed by atoms with Crippen molar-refractivity contribution in [1.82, 2.24) is 0 Å². The van der Waals surface area contributed by atoms with Crippen molar-refractivity contribution in [3.05, 3.63) is 95.6 Å². The molecule has 0 saturated carbocycles. The molecule has 1 amide bonds. The molecule has 3 aromatic rings. The van der Waals surface area contributed by atoms with Gasteiger partial charge in [0.05, 0.1) is 0 Å². The Morgan fingerprint density at radius 1 is 0.880 bits per heavy atom. The summed E-state index contributed by atoms with van der Waals surface area (Å²) in [5.74, 6) is -0.00740. The number of hydrogen-bond donors (Lipinski definition) is 1. The molecule has 0 saturated heterocycles. The lowest BCUT2D eigenvalue weighted by Crippen LogP contribution is -2.19. The summed E-state index contributed by atoms with van der Waals surface area (Å²) >= 11 is 1.57. The molecule has 0 unspecified atom stereocenters. The molecule has 25 heavy (non-hydrogen) atoms. The molecule has 0 radical (unpaired) electrons. The van der Waals surface area contributed by atoms with E-state index in [1.807, 2.05) is 79.7 Å². The van der Waals surface area contributed by atoms with Crippen LogP contribution in [0.1, 0.15) is 21.9 Å². The second kappa shape index (κ2) is 8.04. The van der Waals surface area contributed by atoms with E-state index in [0.29, 0.717) is 0 Å². The molecule has 3 heteroatoms. The molecular weight excluding hydrogens is 326 g/mol. The van der Waals surface area contributed by atoms with Crippen LogP contribution in [0.4, 0.5) is 5.69 Å². The minimum absolute atomic E-state index is 0.00740. The van der Waals surface area contributed by atoms with Crippen LogP contribution in [0.2, 0.25) is 0 Å². The maximum Gasteiger partial charge on any atom is 0.242 e. The van der Waals surface area contributed by atoms with Gasteiger partial charge in [-0.25, -0.2) is 0 Å². The van der Waals surface area contributed by atoms with E-state index in [2.05, 4.69) is 18.3 Å². The first-order valence-corrected chi connectivity index (χ1v) is 9.16. The predicted molar refractivity (Wildman–Crippen MR) is 106 cm³/mol. The number of aryl methyl sites for hydroxylation is 2. The Kier molecular flexibility index (Phi) is 5.56. The van der Waals surface area contributed by atoms with Crippen LogP contribution < -0.4 is 5.32 Å². The fourth-order valence-corrected chi connectivity index (χ4v) is 3.73. The van der Waals surface area contributed by atoms with E-state index in [4.69, 9.17) is 0 Å². The van der Waals surface area contributed by atoms with Gasteiger partial charge in [-0.2, -0.15) is 0 Å². The lowest BCUT2D eigenvalue weighted by atomic mass is 10.1. The van der Waals surface area contributed by atoms with Crippen LogP contribution in [0, 0.1) is 13.8 Å². The molecule has 3 rings (SSSR count). The molecule has 0 bridgehead atoms. The van der Waals surface area contributed by atoms with Crippen LogP contribution in [0.15, 0.2) is 83.8 Å². The van der Waals surface area contributed by atoms with Gasteiger partial charge in [0.25, 0.3) is 0 Å². The fraction of sp³-hybridized carbons (Fsp3) is 0.136. The third-order valence-electron chi connectivity index (χ3n) is 3.98. The summed E-state index contributed by atoms with van der Waals surface area (Å²) in [5, 5.41) is 2.79. The number of anilines is 1. The summed E-state index contributed by atoms with van der Waals surface area (Å²) in [6, 6.07) is 26.0. The number of thioether (sulfide) groups is 1. The van der Waals surface area contributed by atoms with Crippen LogP contribution in [0.5, 0.6) is 0 Å². The quantitative estimate of drug-likeness (QED) is 0.593. The number of nitrogens with one attached hydrogen (secondary N) is 1. The zero-order chi connectivity index (χ0) is 17.6. The molecule has 1 atom stereocenters. The van der Waals surface area contributed by atoms with E-state index in [0.717, 1.165) is 21.7 Å². The van der Waals surface area contributed by atoms with Crippen molar-refractivity contribution >= 4 is 23.4 Å². The lowest BCUT2D eigenvalue weighted by Gasteiger charge is -2.18. The predicted octanol–water partition coefficient (Wildman–Crippen LogP) is 5.78. The molecular formula is C22H21NOS. The summed E-state index contributed by atoms with van der Waals surface area (Å²) in [4.78, 5) is 14.1.